The Kier molecular flexibility index (Phi) is 6.62. The van der Waals surface area contributed by atoms with Gasteiger partial charge in [0.05, 0.1) is 12.2 Å². The molecule has 0 atom stereocenters. The standard InChI is InChI=1S/C26H31NO2S/c1-7-26(8-2)17-25(5,6)22-15-19(18(4)14-23(22)30-26)10-12-21-13-11-20(16-27-21)24(28)29-9-3/h11,13-16H,7-9,17H2,1-6H3. The lowest BCUT2D eigenvalue weighted by molar-refractivity contribution is 0.0526. The summed E-state index contributed by atoms with van der Waals surface area (Å²) >= 11 is 2.05. The van der Waals surface area contributed by atoms with Gasteiger partial charge >= 0.3 is 5.97 Å². The highest BCUT2D eigenvalue weighted by Gasteiger charge is 2.41. The third-order valence-electron chi connectivity index (χ3n) is 6.03. The van der Waals surface area contributed by atoms with Crippen molar-refractivity contribution in [2.45, 2.75) is 75.9 Å². The molecule has 4 heteroatoms. The molecule has 0 amide bonds. The number of thioether (sulfide) groups is 1. The Labute approximate surface area is 185 Å². The second-order valence-electron chi connectivity index (χ2n) is 8.62. The second-order valence-corrected chi connectivity index (χ2v) is 10.1. The maximum atomic E-state index is 11.8. The van der Waals surface area contributed by atoms with Crippen molar-refractivity contribution >= 4 is 17.7 Å². The second kappa shape index (κ2) is 8.86. The van der Waals surface area contributed by atoms with Crippen LogP contribution in [-0.4, -0.2) is 22.3 Å². The molecule has 1 aliphatic rings. The molecule has 0 fully saturated rings. The number of benzene rings is 1. The van der Waals surface area contributed by atoms with Crippen molar-refractivity contribution in [2.75, 3.05) is 6.61 Å². The average molecular weight is 422 g/mol. The van der Waals surface area contributed by atoms with Crippen LogP contribution in [0.5, 0.6) is 0 Å². The van der Waals surface area contributed by atoms with E-state index in [0.29, 0.717) is 22.6 Å². The summed E-state index contributed by atoms with van der Waals surface area (Å²) in [5, 5.41) is 0. The van der Waals surface area contributed by atoms with E-state index in [2.05, 4.69) is 63.6 Å². The van der Waals surface area contributed by atoms with Crippen molar-refractivity contribution in [3.63, 3.8) is 0 Å². The van der Waals surface area contributed by atoms with Gasteiger partial charge in [-0.15, -0.1) is 11.8 Å². The molecule has 0 saturated carbocycles. The lowest BCUT2D eigenvalue weighted by atomic mass is 9.74. The van der Waals surface area contributed by atoms with Crippen LogP contribution in [0.25, 0.3) is 0 Å². The van der Waals surface area contributed by atoms with Crippen molar-refractivity contribution in [1.29, 1.82) is 0 Å². The molecule has 0 aliphatic carbocycles. The van der Waals surface area contributed by atoms with Gasteiger partial charge in [-0.1, -0.05) is 33.6 Å². The van der Waals surface area contributed by atoms with E-state index in [-0.39, 0.29) is 11.4 Å². The summed E-state index contributed by atoms with van der Waals surface area (Å²) in [6, 6.07) is 8.06. The van der Waals surface area contributed by atoms with E-state index < -0.39 is 0 Å². The van der Waals surface area contributed by atoms with Crippen LogP contribution in [0.2, 0.25) is 0 Å². The van der Waals surface area contributed by atoms with E-state index in [9.17, 15) is 4.79 Å². The quantitative estimate of drug-likeness (QED) is 0.429. The fraction of sp³-hybridized carbons (Fsp3) is 0.462. The number of aryl methyl sites for hydroxylation is 1. The summed E-state index contributed by atoms with van der Waals surface area (Å²) in [5.74, 6) is 6.10. The van der Waals surface area contributed by atoms with Crippen molar-refractivity contribution in [1.82, 2.24) is 4.98 Å². The SMILES string of the molecule is CCOC(=O)c1ccc(C#Cc2cc3c(cc2C)SC(CC)(CC)CC3(C)C)nc1. The first kappa shape index (κ1) is 22.4. The Morgan fingerprint density at radius 3 is 2.50 bits per heavy atom. The minimum Gasteiger partial charge on any atom is -0.462 e. The largest absolute Gasteiger partial charge is 0.462 e. The number of ether oxygens (including phenoxy) is 1. The Morgan fingerprint density at radius 2 is 1.90 bits per heavy atom. The molecule has 0 spiro atoms. The molecule has 158 valence electrons. The smallest absolute Gasteiger partial charge is 0.339 e. The molecular weight excluding hydrogens is 390 g/mol. The third-order valence-corrected chi connectivity index (χ3v) is 7.75. The van der Waals surface area contributed by atoms with Crippen molar-refractivity contribution in [3.05, 3.63) is 58.4 Å². The van der Waals surface area contributed by atoms with E-state index in [1.165, 1.54) is 41.5 Å². The number of fused-ring (bicyclic) bond motifs is 1. The number of carbonyl (C=O) groups excluding carboxylic acids is 1. The average Bonchev–Trinajstić information content (AvgIpc) is 2.72. The molecule has 0 bridgehead atoms. The number of esters is 1. The van der Waals surface area contributed by atoms with Crippen LogP contribution in [0.15, 0.2) is 35.4 Å². The van der Waals surface area contributed by atoms with Gasteiger partial charge in [-0.3, -0.25) is 0 Å². The molecule has 3 rings (SSSR count). The number of pyridine rings is 1. The van der Waals surface area contributed by atoms with E-state index >= 15 is 0 Å². The summed E-state index contributed by atoms with van der Waals surface area (Å²) in [7, 11) is 0. The van der Waals surface area contributed by atoms with Crippen LogP contribution in [-0.2, 0) is 10.2 Å². The van der Waals surface area contributed by atoms with Gasteiger partial charge in [-0.2, -0.15) is 0 Å². The zero-order valence-corrected chi connectivity index (χ0v) is 19.7. The molecule has 0 unspecified atom stereocenters. The molecule has 0 N–H and O–H groups in total. The molecule has 30 heavy (non-hydrogen) atoms. The fourth-order valence-corrected chi connectivity index (χ4v) is 6.05. The normalized spacial score (nSPS) is 16.2. The van der Waals surface area contributed by atoms with Crippen molar-refractivity contribution < 1.29 is 9.53 Å². The number of hydrogen-bond acceptors (Lipinski definition) is 4. The third kappa shape index (κ3) is 4.57. The topological polar surface area (TPSA) is 39.2 Å². The van der Waals surface area contributed by atoms with Gasteiger partial charge in [0, 0.05) is 21.4 Å². The van der Waals surface area contributed by atoms with E-state index in [4.69, 9.17) is 4.74 Å². The minimum absolute atomic E-state index is 0.121. The molecule has 1 aromatic heterocycles. The molecule has 0 radical (unpaired) electrons. The first-order valence-electron chi connectivity index (χ1n) is 10.7. The maximum Gasteiger partial charge on any atom is 0.339 e. The monoisotopic (exact) mass is 421 g/mol. The molecule has 1 aliphatic heterocycles. The van der Waals surface area contributed by atoms with Crippen LogP contribution in [0, 0.1) is 18.8 Å². The molecule has 2 heterocycles. The summed E-state index contributed by atoms with van der Waals surface area (Å²) in [4.78, 5) is 17.5. The summed E-state index contributed by atoms with van der Waals surface area (Å²) in [5.41, 5.74) is 4.84. The van der Waals surface area contributed by atoms with Crippen molar-refractivity contribution in [3.8, 4) is 11.8 Å². The highest BCUT2D eigenvalue weighted by molar-refractivity contribution is 8.00. The predicted molar refractivity (Wildman–Crippen MR) is 124 cm³/mol. The fourth-order valence-electron chi connectivity index (χ4n) is 4.18. The van der Waals surface area contributed by atoms with Gasteiger partial charge in [0.15, 0.2) is 0 Å². The lowest BCUT2D eigenvalue weighted by Gasteiger charge is -2.45. The van der Waals surface area contributed by atoms with E-state index in [1.54, 1.807) is 19.1 Å². The molecule has 2 aromatic rings. The number of nitrogens with zero attached hydrogens (tertiary/aromatic N) is 1. The first-order chi connectivity index (χ1) is 14.2. The Morgan fingerprint density at radius 1 is 1.17 bits per heavy atom. The number of aromatic nitrogens is 1. The highest BCUT2D eigenvalue weighted by Crippen LogP contribution is 2.54. The predicted octanol–water partition coefficient (Wildman–Crippen LogP) is 6.30. The Hall–Kier alpha value is -2.25. The van der Waals surface area contributed by atoms with E-state index in [1.807, 2.05) is 11.8 Å². The van der Waals surface area contributed by atoms with Gasteiger partial charge in [-0.05, 0) is 79.8 Å². The molecule has 3 nitrogen and oxygen atoms in total. The van der Waals surface area contributed by atoms with Crippen LogP contribution in [0.1, 0.15) is 86.6 Å². The van der Waals surface area contributed by atoms with Gasteiger partial charge in [0.1, 0.15) is 5.69 Å². The van der Waals surface area contributed by atoms with Gasteiger partial charge < -0.3 is 4.74 Å². The summed E-state index contributed by atoms with van der Waals surface area (Å²) < 4.78 is 5.32. The van der Waals surface area contributed by atoms with Crippen LogP contribution < -0.4 is 0 Å². The Balaban J connectivity index is 1.91. The minimum atomic E-state index is -0.356. The maximum absolute atomic E-state index is 11.8. The van der Waals surface area contributed by atoms with Gasteiger partial charge in [-0.25, -0.2) is 9.78 Å². The number of carbonyl (C=O) groups is 1. The highest BCUT2D eigenvalue weighted by atomic mass is 32.2. The zero-order valence-electron chi connectivity index (χ0n) is 18.9. The molecular formula is C26H31NO2S. The zero-order chi connectivity index (χ0) is 21.9. The van der Waals surface area contributed by atoms with Crippen molar-refractivity contribution in [2.24, 2.45) is 0 Å². The van der Waals surface area contributed by atoms with Gasteiger partial charge in [0.2, 0.25) is 0 Å². The van der Waals surface area contributed by atoms with Crippen LogP contribution >= 0.6 is 11.8 Å². The molecule has 1 aromatic carbocycles. The summed E-state index contributed by atoms with van der Waals surface area (Å²) in [6.07, 6.45) is 5.07. The number of hydrogen-bond donors (Lipinski definition) is 0. The van der Waals surface area contributed by atoms with Crippen LogP contribution in [0.3, 0.4) is 0 Å². The lowest BCUT2D eigenvalue weighted by Crippen LogP contribution is -2.37. The first-order valence-corrected chi connectivity index (χ1v) is 11.5. The molecule has 0 saturated heterocycles. The Bertz CT molecular complexity index is 992. The van der Waals surface area contributed by atoms with Gasteiger partial charge in [0.25, 0.3) is 0 Å². The van der Waals surface area contributed by atoms with E-state index in [0.717, 1.165) is 5.56 Å². The summed E-state index contributed by atoms with van der Waals surface area (Å²) in [6.45, 7) is 13.6. The number of rotatable bonds is 4. The van der Waals surface area contributed by atoms with Crippen LogP contribution in [0.4, 0.5) is 0 Å².